The van der Waals surface area contributed by atoms with Crippen LogP contribution in [-0.2, 0) is 0 Å². The van der Waals surface area contributed by atoms with Crippen molar-refractivity contribution in [2.45, 2.75) is 13.0 Å². The zero-order valence-electron chi connectivity index (χ0n) is 7.94. The number of hydrogen-bond donors (Lipinski definition) is 2. The van der Waals surface area contributed by atoms with Crippen molar-refractivity contribution < 1.29 is 5.11 Å². The molecule has 0 saturated heterocycles. The molecule has 2 rings (SSSR count). The molecule has 1 heterocycles. The maximum Gasteiger partial charge on any atom is 0.137 e. The molecule has 1 atom stereocenters. The molecule has 0 aliphatic heterocycles. The molecule has 2 N–H and O–H groups in total. The Kier molecular flexibility index (Phi) is 2.33. The molecule has 72 valence electrons. The highest BCUT2D eigenvalue weighted by atomic mass is 16.3. The summed E-state index contributed by atoms with van der Waals surface area (Å²) in [5.41, 5.74) is 1.77. The highest BCUT2D eigenvalue weighted by Gasteiger charge is 2.06. The summed E-state index contributed by atoms with van der Waals surface area (Å²) in [6.45, 7) is 1.71. The van der Waals surface area contributed by atoms with Gasteiger partial charge in [0.05, 0.1) is 18.0 Å². The molecular formula is C11H12N2O. The minimum absolute atomic E-state index is 0.500. The average Bonchev–Trinajstić information content (AvgIpc) is 2.68. The van der Waals surface area contributed by atoms with Crippen LogP contribution in [0, 0.1) is 0 Å². The monoisotopic (exact) mass is 188 g/mol. The third-order valence-electron chi connectivity index (χ3n) is 2.09. The number of nitrogens with zero attached hydrogens (tertiary/aromatic N) is 1. The number of aromatic amines is 1. The third-order valence-corrected chi connectivity index (χ3v) is 2.09. The molecule has 1 unspecified atom stereocenters. The summed E-state index contributed by atoms with van der Waals surface area (Å²) >= 11 is 0. The van der Waals surface area contributed by atoms with Gasteiger partial charge in [-0.15, -0.1) is 0 Å². The van der Waals surface area contributed by atoms with Gasteiger partial charge in [0.25, 0.3) is 0 Å². The van der Waals surface area contributed by atoms with Crippen LogP contribution in [0.2, 0.25) is 0 Å². The maximum absolute atomic E-state index is 9.31. The molecule has 14 heavy (non-hydrogen) atoms. The molecule has 0 spiro atoms. The molecule has 0 bridgehead atoms. The third kappa shape index (κ3) is 1.67. The molecule has 3 heteroatoms. The first-order valence-electron chi connectivity index (χ1n) is 4.56. The second-order valence-corrected chi connectivity index (χ2v) is 3.23. The van der Waals surface area contributed by atoms with Crippen LogP contribution in [0.4, 0.5) is 0 Å². The van der Waals surface area contributed by atoms with E-state index in [4.69, 9.17) is 0 Å². The summed E-state index contributed by atoms with van der Waals surface area (Å²) in [4.78, 5) is 7.26. The van der Waals surface area contributed by atoms with Crippen molar-refractivity contribution in [2.24, 2.45) is 0 Å². The number of hydrogen-bond acceptors (Lipinski definition) is 2. The molecule has 0 aliphatic carbocycles. The maximum atomic E-state index is 9.31. The highest BCUT2D eigenvalue weighted by Crippen LogP contribution is 2.17. The van der Waals surface area contributed by atoms with E-state index in [0.717, 1.165) is 17.1 Å². The standard InChI is InChI=1S/C11H12N2O/c1-8(14)10-7-12-11(13-10)9-5-3-2-4-6-9/h2-8,14H,1H3,(H,12,13). The molecule has 2 aromatic rings. The van der Waals surface area contributed by atoms with Crippen molar-refractivity contribution in [2.75, 3.05) is 0 Å². The Labute approximate surface area is 82.4 Å². The fourth-order valence-electron chi connectivity index (χ4n) is 1.29. The van der Waals surface area contributed by atoms with Crippen molar-refractivity contribution in [1.29, 1.82) is 0 Å². The molecule has 0 saturated carbocycles. The van der Waals surface area contributed by atoms with Crippen molar-refractivity contribution in [3.05, 3.63) is 42.2 Å². The average molecular weight is 188 g/mol. The van der Waals surface area contributed by atoms with Gasteiger partial charge in [0.1, 0.15) is 5.82 Å². The van der Waals surface area contributed by atoms with E-state index in [1.807, 2.05) is 30.3 Å². The Balaban J connectivity index is 2.34. The zero-order valence-corrected chi connectivity index (χ0v) is 7.94. The number of aliphatic hydroxyl groups excluding tert-OH is 1. The number of aliphatic hydroxyl groups is 1. The SMILES string of the molecule is CC(O)c1cnc(-c2ccccc2)[nH]1. The van der Waals surface area contributed by atoms with Crippen LogP contribution in [0.25, 0.3) is 11.4 Å². The smallest absolute Gasteiger partial charge is 0.137 e. The van der Waals surface area contributed by atoms with E-state index in [9.17, 15) is 5.11 Å². The minimum atomic E-state index is -0.500. The Morgan fingerprint density at radius 1 is 1.29 bits per heavy atom. The van der Waals surface area contributed by atoms with Crippen LogP contribution in [0.15, 0.2) is 36.5 Å². The Hall–Kier alpha value is -1.61. The molecule has 0 fully saturated rings. The number of aromatic nitrogens is 2. The fourth-order valence-corrected chi connectivity index (χ4v) is 1.29. The van der Waals surface area contributed by atoms with E-state index in [1.54, 1.807) is 13.1 Å². The Morgan fingerprint density at radius 2 is 2.00 bits per heavy atom. The molecule has 1 aromatic carbocycles. The predicted molar refractivity (Wildman–Crippen MR) is 54.7 cm³/mol. The summed E-state index contributed by atoms with van der Waals surface area (Å²) in [5, 5.41) is 9.31. The molecular weight excluding hydrogens is 176 g/mol. The predicted octanol–water partition coefficient (Wildman–Crippen LogP) is 2.13. The topological polar surface area (TPSA) is 48.9 Å². The van der Waals surface area contributed by atoms with Crippen LogP contribution < -0.4 is 0 Å². The second-order valence-electron chi connectivity index (χ2n) is 3.23. The van der Waals surface area contributed by atoms with Crippen molar-refractivity contribution in [1.82, 2.24) is 9.97 Å². The lowest BCUT2D eigenvalue weighted by atomic mass is 10.2. The van der Waals surface area contributed by atoms with E-state index in [2.05, 4.69) is 9.97 Å². The van der Waals surface area contributed by atoms with Gasteiger partial charge in [-0.2, -0.15) is 0 Å². The van der Waals surface area contributed by atoms with E-state index >= 15 is 0 Å². The van der Waals surface area contributed by atoms with Gasteiger partial charge in [-0.05, 0) is 6.92 Å². The molecule has 0 aliphatic rings. The van der Waals surface area contributed by atoms with Crippen LogP contribution in [0.3, 0.4) is 0 Å². The van der Waals surface area contributed by atoms with Crippen LogP contribution >= 0.6 is 0 Å². The van der Waals surface area contributed by atoms with E-state index in [-0.39, 0.29) is 0 Å². The first kappa shape index (κ1) is 8.97. The normalized spacial score (nSPS) is 12.7. The summed E-state index contributed by atoms with van der Waals surface area (Å²) in [6, 6.07) is 9.83. The van der Waals surface area contributed by atoms with Gasteiger partial charge in [-0.3, -0.25) is 0 Å². The summed E-state index contributed by atoms with van der Waals surface area (Å²) in [5.74, 6) is 0.793. The summed E-state index contributed by atoms with van der Waals surface area (Å²) in [6.07, 6.45) is 1.16. The Morgan fingerprint density at radius 3 is 2.57 bits per heavy atom. The lowest BCUT2D eigenvalue weighted by molar-refractivity contribution is 0.195. The number of benzene rings is 1. The largest absolute Gasteiger partial charge is 0.387 e. The van der Waals surface area contributed by atoms with Crippen LogP contribution in [-0.4, -0.2) is 15.1 Å². The number of nitrogens with one attached hydrogen (secondary N) is 1. The zero-order chi connectivity index (χ0) is 9.97. The fraction of sp³-hybridized carbons (Fsp3) is 0.182. The van der Waals surface area contributed by atoms with Gasteiger partial charge >= 0.3 is 0 Å². The van der Waals surface area contributed by atoms with Crippen molar-refractivity contribution >= 4 is 0 Å². The van der Waals surface area contributed by atoms with E-state index in [0.29, 0.717) is 0 Å². The summed E-state index contributed by atoms with van der Waals surface area (Å²) in [7, 11) is 0. The first-order chi connectivity index (χ1) is 6.77. The molecule has 0 amide bonds. The van der Waals surface area contributed by atoms with Gasteiger partial charge in [0, 0.05) is 5.56 Å². The van der Waals surface area contributed by atoms with Gasteiger partial charge < -0.3 is 10.1 Å². The lowest BCUT2D eigenvalue weighted by Crippen LogP contribution is -1.90. The number of H-pyrrole nitrogens is 1. The van der Waals surface area contributed by atoms with Gasteiger partial charge in [-0.1, -0.05) is 30.3 Å². The van der Waals surface area contributed by atoms with Gasteiger partial charge in [0.2, 0.25) is 0 Å². The van der Waals surface area contributed by atoms with Crippen LogP contribution in [0.1, 0.15) is 18.7 Å². The lowest BCUT2D eigenvalue weighted by Gasteiger charge is -1.98. The molecule has 3 nitrogen and oxygen atoms in total. The highest BCUT2D eigenvalue weighted by molar-refractivity contribution is 5.54. The summed E-state index contributed by atoms with van der Waals surface area (Å²) < 4.78 is 0. The minimum Gasteiger partial charge on any atom is -0.387 e. The molecule has 1 aromatic heterocycles. The first-order valence-corrected chi connectivity index (χ1v) is 4.56. The Bertz CT molecular complexity index is 406. The van der Waals surface area contributed by atoms with Crippen molar-refractivity contribution in [3.63, 3.8) is 0 Å². The number of imidazole rings is 1. The van der Waals surface area contributed by atoms with E-state index < -0.39 is 6.10 Å². The van der Waals surface area contributed by atoms with Gasteiger partial charge in [0.15, 0.2) is 0 Å². The number of rotatable bonds is 2. The van der Waals surface area contributed by atoms with Crippen molar-refractivity contribution in [3.8, 4) is 11.4 Å². The molecule has 0 radical (unpaired) electrons. The van der Waals surface area contributed by atoms with Crippen LogP contribution in [0.5, 0.6) is 0 Å². The quantitative estimate of drug-likeness (QED) is 0.758. The van der Waals surface area contributed by atoms with Gasteiger partial charge in [-0.25, -0.2) is 4.98 Å². The second kappa shape index (κ2) is 3.64. The van der Waals surface area contributed by atoms with E-state index in [1.165, 1.54) is 0 Å².